The topological polar surface area (TPSA) is 86.7 Å². The lowest BCUT2D eigenvalue weighted by atomic mass is 9.79. The van der Waals surface area contributed by atoms with Gasteiger partial charge in [-0.3, -0.25) is 14.5 Å². The van der Waals surface area contributed by atoms with Crippen LogP contribution in [0, 0.1) is 0 Å². The van der Waals surface area contributed by atoms with Crippen LogP contribution in [0.3, 0.4) is 0 Å². The van der Waals surface area contributed by atoms with Gasteiger partial charge in [-0.25, -0.2) is 4.79 Å². The van der Waals surface area contributed by atoms with Crippen molar-refractivity contribution in [1.29, 1.82) is 0 Å². The van der Waals surface area contributed by atoms with Gasteiger partial charge in [0, 0.05) is 12.1 Å². The fourth-order valence-electron chi connectivity index (χ4n) is 4.24. The second kappa shape index (κ2) is 11.5. The van der Waals surface area contributed by atoms with Crippen LogP contribution in [0.25, 0.3) is 0 Å². The van der Waals surface area contributed by atoms with Crippen molar-refractivity contribution in [1.82, 2.24) is 10.2 Å². The molecule has 2 heterocycles. The van der Waals surface area contributed by atoms with Gasteiger partial charge in [0.15, 0.2) is 0 Å². The molecule has 1 aromatic rings. The number of likely N-dealkylation sites (tertiary alicyclic amines) is 1. The first-order valence-corrected chi connectivity index (χ1v) is 11.6. The van der Waals surface area contributed by atoms with E-state index in [1.807, 2.05) is 0 Å². The molecule has 0 bridgehead atoms. The number of carbonyl (C=O) groups excluding carboxylic acids is 2. The number of amides is 1. The Morgan fingerprint density at radius 2 is 1.38 bits per heavy atom. The Bertz CT molecular complexity index is 856. The molecule has 2 N–H and O–H groups in total. The summed E-state index contributed by atoms with van der Waals surface area (Å²) in [5, 5.41) is 10.1. The number of ketones is 1. The highest BCUT2D eigenvalue weighted by Crippen LogP contribution is 2.35. The monoisotopic (exact) mass is 516 g/mol. The number of nitrogens with zero attached hydrogens (tertiary/aromatic N) is 1. The third-order valence-corrected chi connectivity index (χ3v) is 7.03. The number of carbonyl (C=O) groups is 3. The van der Waals surface area contributed by atoms with E-state index in [0.29, 0.717) is 17.9 Å². The first kappa shape index (κ1) is 28.1. The Morgan fingerprint density at radius 3 is 1.88 bits per heavy atom. The number of alkyl halides is 6. The highest BCUT2D eigenvalue weighted by Gasteiger charge is 2.41. The first-order valence-electron chi connectivity index (χ1n) is 10.8. The van der Waals surface area contributed by atoms with Crippen molar-refractivity contribution < 1.29 is 45.8 Å². The number of nitrogens with one attached hydrogen (secondary N) is 1. The molecule has 1 saturated heterocycles. The lowest BCUT2D eigenvalue weighted by Crippen LogP contribution is -2.58. The Hall–Kier alpha value is -2.15. The zero-order chi connectivity index (χ0) is 25.6. The maximum atomic E-state index is 12.5. The Morgan fingerprint density at radius 1 is 0.882 bits per heavy atom. The highest BCUT2D eigenvalue weighted by atomic mass is 32.1. The fraction of sp³-hybridized carbons (Fsp3) is 0.667. The standard InChI is InChI=1S/C19H25F3N2O2S.C2HF3O2/c20-19(21,22)16(25)14-7-8-15(27-14)17(26)23-13-18(9-3-1-4-10-18)24-11-5-2-6-12-24;3-2(4,5)1(6)7/h7-8H,1-6,9-13H2,(H,23,26);(H,6,7). The molecule has 3 rings (SSSR count). The Kier molecular flexibility index (Phi) is 9.52. The summed E-state index contributed by atoms with van der Waals surface area (Å²) in [6, 6.07) is 2.38. The minimum absolute atomic E-state index is 0.0454. The van der Waals surface area contributed by atoms with Crippen LogP contribution in [0.1, 0.15) is 70.7 Å². The van der Waals surface area contributed by atoms with Crippen LogP contribution >= 0.6 is 11.3 Å². The number of hydrogen-bond donors (Lipinski definition) is 2. The number of carboxylic acid groups (broad SMARTS) is 1. The van der Waals surface area contributed by atoms with Gasteiger partial charge < -0.3 is 10.4 Å². The minimum Gasteiger partial charge on any atom is -0.475 e. The molecule has 34 heavy (non-hydrogen) atoms. The summed E-state index contributed by atoms with van der Waals surface area (Å²) in [6.07, 6.45) is -0.871. The van der Waals surface area contributed by atoms with Crippen molar-refractivity contribution in [3.8, 4) is 0 Å². The number of thiophene rings is 1. The zero-order valence-corrected chi connectivity index (χ0v) is 19.0. The average molecular weight is 517 g/mol. The van der Waals surface area contributed by atoms with Crippen molar-refractivity contribution in [3.05, 3.63) is 21.9 Å². The molecule has 1 aliphatic carbocycles. The van der Waals surface area contributed by atoms with E-state index in [9.17, 15) is 35.9 Å². The van der Waals surface area contributed by atoms with Crippen LogP contribution in [0.15, 0.2) is 12.1 Å². The molecule has 1 aromatic heterocycles. The number of rotatable bonds is 5. The molecule has 2 aliphatic rings. The van der Waals surface area contributed by atoms with E-state index in [1.54, 1.807) is 0 Å². The molecule has 0 spiro atoms. The van der Waals surface area contributed by atoms with E-state index in [2.05, 4.69) is 10.2 Å². The number of halogens is 6. The number of carboxylic acids is 1. The Labute approximate surface area is 196 Å². The van der Waals surface area contributed by atoms with Crippen LogP contribution in [-0.4, -0.2) is 65.2 Å². The zero-order valence-electron chi connectivity index (χ0n) is 18.2. The molecule has 2 fully saturated rings. The van der Waals surface area contributed by atoms with E-state index >= 15 is 0 Å². The third kappa shape index (κ3) is 7.69. The summed E-state index contributed by atoms with van der Waals surface area (Å²) in [4.78, 5) is 34.9. The van der Waals surface area contributed by atoms with Crippen LogP contribution in [0.5, 0.6) is 0 Å². The first-order chi connectivity index (χ1) is 15.8. The second-order valence-electron chi connectivity index (χ2n) is 8.31. The van der Waals surface area contributed by atoms with Crippen molar-refractivity contribution in [2.75, 3.05) is 19.6 Å². The van der Waals surface area contributed by atoms with Crippen LogP contribution in [-0.2, 0) is 4.79 Å². The molecule has 6 nitrogen and oxygen atoms in total. The van der Waals surface area contributed by atoms with E-state index < -0.39 is 34.9 Å². The maximum absolute atomic E-state index is 12.5. The number of piperidine rings is 1. The largest absolute Gasteiger partial charge is 0.490 e. The average Bonchev–Trinajstić information content (AvgIpc) is 3.27. The van der Waals surface area contributed by atoms with Gasteiger partial charge in [-0.05, 0) is 50.9 Å². The number of aliphatic carboxylic acids is 1. The lowest BCUT2D eigenvalue weighted by molar-refractivity contribution is -0.192. The van der Waals surface area contributed by atoms with Gasteiger partial charge >= 0.3 is 18.3 Å². The SMILES string of the molecule is O=C(NCC1(N2CCCCC2)CCCCC1)c1ccc(C(=O)C(F)(F)F)s1.O=C(O)C(F)(F)F. The van der Waals surface area contributed by atoms with Crippen molar-refractivity contribution >= 4 is 29.0 Å². The molecule has 0 atom stereocenters. The van der Waals surface area contributed by atoms with E-state index in [1.165, 1.54) is 31.7 Å². The van der Waals surface area contributed by atoms with Crippen LogP contribution in [0.4, 0.5) is 26.3 Å². The van der Waals surface area contributed by atoms with Crippen LogP contribution < -0.4 is 5.32 Å². The smallest absolute Gasteiger partial charge is 0.475 e. The van der Waals surface area contributed by atoms with E-state index in [4.69, 9.17) is 9.90 Å². The minimum atomic E-state index is -5.08. The lowest BCUT2D eigenvalue weighted by Gasteiger charge is -2.48. The normalized spacial score (nSPS) is 19.0. The van der Waals surface area contributed by atoms with Gasteiger partial charge in [-0.2, -0.15) is 26.3 Å². The van der Waals surface area contributed by atoms with Crippen molar-refractivity contribution in [3.63, 3.8) is 0 Å². The van der Waals surface area contributed by atoms with Crippen molar-refractivity contribution in [2.45, 2.75) is 69.3 Å². The summed E-state index contributed by atoms with van der Waals surface area (Å²) in [7, 11) is 0. The number of Topliss-reactive ketones (excluding diaryl/α,β-unsaturated/α-hetero) is 1. The van der Waals surface area contributed by atoms with E-state index in [0.717, 1.165) is 44.8 Å². The molecule has 192 valence electrons. The molecular weight excluding hydrogens is 490 g/mol. The molecular formula is C21H26F6N2O4S. The van der Waals surface area contributed by atoms with Gasteiger partial charge in [0.25, 0.3) is 11.7 Å². The van der Waals surface area contributed by atoms with Crippen LogP contribution in [0.2, 0.25) is 0 Å². The molecule has 1 aliphatic heterocycles. The molecule has 0 radical (unpaired) electrons. The van der Waals surface area contributed by atoms with Crippen molar-refractivity contribution in [2.24, 2.45) is 0 Å². The van der Waals surface area contributed by atoms with E-state index in [-0.39, 0.29) is 10.4 Å². The highest BCUT2D eigenvalue weighted by molar-refractivity contribution is 7.16. The second-order valence-corrected chi connectivity index (χ2v) is 9.39. The summed E-state index contributed by atoms with van der Waals surface area (Å²) in [6.45, 7) is 2.59. The maximum Gasteiger partial charge on any atom is 0.490 e. The summed E-state index contributed by atoms with van der Waals surface area (Å²) >= 11 is 0.602. The third-order valence-electron chi connectivity index (χ3n) is 5.94. The van der Waals surface area contributed by atoms with Gasteiger partial charge in [0.1, 0.15) is 0 Å². The van der Waals surface area contributed by atoms with Gasteiger partial charge in [-0.15, -0.1) is 11.3 Å². The molecule has 13 heteroatoms. The quantitative estimate of drug-likeness (QED) is 0.423. The number of hydrogen-bond acceptors (Lipinski definition) is 5. The molecule has 0 aromatic carbocycles. The molecule has 1 amide bonds. The molecule has 0 unspecified atom stereocenters. The summed E-state index contributed by atoms with van der Waals surface area (Å²) < 4.78 is 69.4. The summed E-state index contributed by atoms with van der Waals surface area (Å²) in [5.74, 6) is -5.06. The predicted molar refractivity (Wildman–Crippen MR) is 112 cm³/mol. The predicted octanol–water partition coefficient (Wildman–Crippen LogP) is 5.05. The Balaban J connectivity index is 0.000000509. The fourth-order valence-corrected chi connectivity index (χ4v) is 5.12. The summed E-state index contributed by atoms with van der Waals surface area (Å²) in [5.41, 5.74) is -0.0454. The van der Waals surface area contributed by atoms with Gasteiger partial charge in [-0.1, -0.05) is 25.7 Å². The van der Waals surface area contributed by atoms with Gasteiger partial charge in [0.05, 0.1) is 9.75 Å². The molecule has 1 saturated carbocycles. The van der Waals surface area contributed by atoms with Gasteiger partial charge in [0.2, 0.25) is 0 Å².